The van der Waals surface area contributed by atoms with E-state index in [4.69, 9.17) is 18.9 Å². The maximum Gasteiger partial charge on any atom is 0.409 e. The number of benzene rings is 1. The summed E-state index contributed by atoms with van der Waals surface area (Å²) >= 11 is 0. The number of nitrogens with zero attached hydrogens (tertiary/aromatic N) is 2. The third kappa shape index (κ3) is 8.34. The Labute approximate surface area is 220 Å². The van der Waals surface area contributed by atoms with Crippen molar-refractivity contribution in [3.05, 3.63) is 23.8 Å². The van der Waals surface area contributed by atoms with Crippen LogP contribution in [0.5, 0.6) is 11.5 Å². The molecule has 38 heavy (non-hydrogen) atoms. The summed E-state index contributed by atoms with van der Waals surface area (Å²) in [7, 11) is 4.24. The van der Waals surface area contributed by atoms with Crippen LogP contribution in [0.1, 0.15) is 26.3 Å². The molecule has 1 heterocycles. The van der Waals surface area contributed by atoms with Gasteiger partial charge in [0.1, 0.15) is 42.0 Å². The molecule has 1 unspecified atom stereocenters. The lowest BCUT2D eigenvalue weighted by Crippen LogP contribution is -2.61. The van der Waals surface area contributed by atoms with Crippen LogP contribution in [0.2, 0.25) is 0 Å². The molecule has 1 aliphatic rings. The Hall–Kier alpha value is -3.33. The number of aliphatic carboxylic acids is 1. The van der Waals surface area contributed by atoms with Gasteiger partial charge in [0.05, 0.1) is 7.11 Å². The minimum absolute atomic E-state index is 0.0180. The summed E-state index contributed by atoms with van der Waals surface area (Å²) in [5.41, 5.74) is -0.274. The highest BCUT2D eigenvalue weighted by Gasteiger charge is 2.48. The van der Waals surface area contributed by atoms with Crippen molar-refractivity contribution in [2.45, 2.75) is 63.7 Å². The van der Waals surface area contributed by atoms with E-state index in [1.165, 1.54) is 37.1 Å². The maximum atomic E-state index is 12.5. The van der Waals surface area contributed by atoms with Crippen molar-refractivity contribution in [2.24, 2.45) is 0 Å². The summed E-state index contributed by atoms with van der Waals surface area (Å²) in [6.07, 6.45) is -10.3. The summed E-state index contributed by atoms with van der Waals surface area (Å²) in [6, 6.07) is 4.59. The van der Waals surface area contributed by atoms with Gasteiger partial charge in [0.15, 0.2) is 6.10 Å². The number of carboxylic acid groups (broad SMARTS) is 1. The van der Waals surface area contributed by atoms with E-state index < -0.39 is 54.5 Å². The number of hydrogen-bond acceptors (Lipinski definition) is 11. The average molecular weight is 545 g/mol. The molecule has 1 fully saturated rings. The highest BCUT2D eigenvalue weighted by molar-refractivity contribution is 5.73. The second-order valence-electron chi connectivity index (χ2n) is 9.70. The largest absolute Gasteiger partial charge is 0.488 e. The van der Waals surface area contributed by atoms with Crippen molar-refractivity contribution in [2.75, 3.05) is 34.3 Å². The standard InChI is InChI=1S/C24H36N2O12/c1-24(2,3)38-14-8-7-13(12-35-23(33)26(5)10-9-25(4)22(32)34-6)15(11-14)36-21-18(29)16(27)17(28)19(37-21)20(30)31/h7-8,11,16-19,21,27-29H,9-10,12H2,1-6H3,(H,30,31)/t16-,17-,18+,19-,21?/m0/s1. The number of carbonyl (C=O) groups excluding carboxylic acids is 2. The van der Waals surface area contributed by atoms with Crippen LogP contribution >= 0.6 is 0 Å². The van der Waals surface area contributed by atoms with E-state index in [9.17, 15) is 34.8 Å². The van der Waals surface area contributed by atoms with Gasteiger partial charge in [-0.15, -0.1) is 0 Å². The normalized spacial score (nSPS) is 23.2. The van der Waals surface area contributed by atoms with E-state index in [-0.39, 0.29) is 25.4 Å². The lowest BCUT2D eigenvalue weighted by molar-refractivity contribution is -0.271. The fourth-order valence-corrected chi connectivity index (χ4v) is 3.34. The third-order valence-corrected chi connectivity index (χ3v) is 5.44. The van der Waals surface area contributed by atoms with Crippen LogP contribution in [0.3, 0.4) is 0 Å². The molecule has 5 atom stereocenters. The van der Waals surface area contributed by atoms with Gasteiger partial charge in [0, 0.05) is 38.8 Å². The number of aliphatic hydroxyl groups excluding tert-OH is 3. The van der Waals surface area contributed by atoms with Crippen molar-refractivity contribution < 1.29 is 58.5 Å². The van der Waals surface area contributed by atoms with Gasteiger partial charge in [-0.25, -0.2) is 14.4 Å². The minimum Gasteiger partial charge on any atom is -0.488 e. The van der Waals surface area contributed by atoms with Crippen LogP contribution in [-0.2, 0) is 25.6 Å². The van der Waals surface area contributed by atoms with Gasteiger partial charge >= 0.3 is 18.2 Å². The van der Waals surface area contributed by atoms with Crippen molar-refractivity contribution in [1.29, 1.82) is 0 Å². The topological polar surface area (TPSA) is 185 Å². The van der Waals surface area contributed by atoms with E-state index in [0.717, 1.165) is 0 Å². The molecule has 0 saturated carbocycles. The molecule has 0 spiro atoms. The number of methoxy groups -OCH3 is 1. The van der Waals surface area contributed by atoms with Gasteiger partial charge < -0.3 is 53.9 Å². The van der Waals surface area contributed by atoms with Crippen LogP contribution in [0.25, 0.3) is 0 Å². The highest BCUT2D eigenvalue weighted by atomic mass is 16.7. The monoisotopic (exact) mass is 544 g/mol. The van der Waals surface area contributed by atoms with E-state index in [0.29, 0.717) is 11.3 Å². The second-order valence-corrected chi connectivity index (χ2v) is 9.70. The molecule has 2 amide bonds. The quantitative estimate of drug-likeness (QED) is 0.336. The summed E-state index contributed by atoms with van der Waals surface area (Å²) in [4.78, 5) is 38.0. The van der Waals surface area contributed by atoms with Crippen LogP contribution in [0.4, 0.5) is 9.59 Å². The van der Waals surface area contributed by atoms with Crippen molar-refractivity contribution in [1.82, 2.24) is 9.80 Å². The molecule has 0 aliphatic carbocycles. The molecule has 14 heteroatoms. The molecule has 4 N–H and O–H groups in total. The molecule has 2 rings (SSSR count). The summed E-state index contributed by atoms with van der Waals surface area (Å²) in [5, 5.41) is 39.7. The molecule has 1 saturated heterocycles. The number of aliphatic hydroxyl groups is 3. The first kappa shape index (κ1) is 30.9. The highest BCUT2D eigenvalue weighted by Crippen LogP contribution is 2.31. The molecule has 1 aromatic carbocycles. The van der Waals surface area contributed by atoms with Crippen molar-refractivity contribution >= 4 is 18.2 Å². The molecule has 1 aliphatic heterocycles. The van der Waals surface area contributed by atoms with Crippen molar-refractivity contribution in [3.8, 4) is 11.5 Å². The predicted molar refractivity (Wildman–Crippen MR) is 130 cm³/mol. The first-order chi connectivity index (χ1) is 17.6. The molecule has 0 bridgehead atoms. The fraction of sp³-hybridized carbons (Fsp3) is 0.625. The SMILES string of the molecule is COC(=O)N(C)CCN(C)C(=O)OCc1ccc(OC(C)(C)C)cc1OC1O[C@H](C(=O)O)[C@@H](O)[C@H](O)[C@H]1O. The van der Waals surface area contributed by atoms with Crippen LogP contribution < -0.4 is 9.47 Å². The third-order valence-electron chi connectivity index (χ3n) is 5.44. The Bertz CT molecular complexity index is 982. The molecule has 1 aromatic rings. The van der Waals surface area contributed by atoms with E-state index in [1.54, 1.807) is 12.1 Å². The first-order valence-electron chi connectivity index (χ1n) is 11.7. The molecule has 0 aromatic heterocycles. The number of carboxylic acids is 1. The molecule has 14 nitrogen and oxygen atoms in total. The number of rotatable bonds is 9. The van der Waals surface area contributed by atoms with Crippen LogP contribution in [-0.4, -0.2) is 119 Å². The van der Waals surface area contributed by atoms with E-state index >= 15 is 0 Å². The fourth-order valence-electron chi connectivity index (χ4n) is 3.34. The van der Waals surface area contributed by atoms with Crippen LogP contribution in [0.15, 0.2) is 18.2 Å². The van der Waals surface area contributed by atoms with Crippen LogP contribution in [0, 0.1) is 0 Å². The summed E-state index contributed by atoms with van der Waals surface area (Å²) in [5.74, 6) is -1.19. The van der Waals surface area contributed by atoms with Gasteiger partial charge in [-0.2, -0.15) is 0 Å². The Morgan fingerprint density at radius 2 is 1.58 bits per heavy atom. The molecular weight excluding hydrogens is 508 g/mol. The lowest BCUT2D eigenvalue weighted by Gasteiger charge is -2.38. The number of carbonyl (C=O) groups is 3. The Balaban J connectivity index is 2.20. The number of amides is 2. The number of ether oxygens (including phenoxy) is 5. The Morgan fingerprint density at radius 3 is 2.13 bits per heavy atom. The van der Waals surface area contributed by atoms with E-state index in [2.05, 4.69) is 4.74 Å². The average Bonchev–Trinajstić information content (AvgIpc) is 2.84. The summed E-state index contributed by atoms with van der Waals surface area (Å²) in [6.45, 7) is 5.52. The predicted octanol–water partition coefficient (Wildman–Crippen LogP) is 0.402. The Kier molecular flexibility index (Phi) is 10.5. The van der Waals surface area contributed by atoms with Gasteiger partial charge in [-0.1, -0.05) is 0 Å². The minimum atomic E-state index is -1.88. The molecule has 214 valence electrons. The van der Waals surface area contributed by atoms with E-state index in [1.807, 2.05) is 20.8 Å². The number of hydrogen-bond donors (Lipinski definition) is 4. The lowest BCUT2D eigenvalue weighted by atomic mass is 9.99. The maximum absolute atomic E-state index is 12.5. The van der Waals surface area contributed by atoms with Gasteiger partial charge in [0.25, 0.3) is 0 Å². The zero-order chi connectivity index (χ0) is 28.8. The van der Waals surface area contributed by atoms with Gasteiger partial charge in [-0.05, 0) is 32.9 Å². The molecule has 0 radical (unpaired) electrons. The van der Waals surface area contributed by atoms with Gasteiger partial charge in [0.2, 0.25) is 6.29 Å². The zero-order valence-electron chi connectivity index (χ0n) is 22.2. The smallest absolute Gasteiger partial charge is 0.409 e. The summed E-state index contributed by atoms with van der Waals surface area (Å²) < 4.78 is 26.7. The molecular formula is C24H36N2O12. The number of likely N-dealkylation sites (N-methyl/N-ethyl adjacent to an activating group) is 2. The second kappa shape index (κ2) is 13.0. The zero-order valence-corrected chi connectivity index (χ0v) is 22.2. The van der Waals surface area contributed by atoms with Crippen molar-refractivity contribution in [3.63, 3.8) is 0 Å². The first-order valence-corrected chi connectivity index (χ1v) is 11.7. The Morgan fingerprint density at radius 1 is 0.974 bits per heavy atom. The van der Waals surface area contributed by atoms with Gasteiger partial charge in [-0.3, -0.25) is 0 Å².